The van der Waals surface area contributed by atoms with Crippen LogP contribution in [0.15, 0.2) is 78.0 Å². The van der Waals surface area contributed by atoms with Gasteiger partial charge in [-0.25, -0.2) is 0 Å². The lowest BCUT2D eigenvalue weighted by atomic mass is 9.94. The van der Waals surface area contributed by atoms with Gasteiger partial charge in [-0.3, -0.25) is 4.79 Å². The van der Waals surface area contributed by atoms with Crippen molar-refractivity contribution < 1.29 is 14.3 Å². The van der Waals surface area contributed by atoms with Crippen LogP contribution in [-0.2, 0) is 11.2 Å². The Morgan fingerprint density at radius 1 is 0.969 bits per heavy atom. The predicted molar refractivity (Wildman–Crippen MR) is 125 cm³/mol. The maximum atomic E-state index is 11.7. The van der Waals surface area contributed by atoms with Crippen LogP contribution in [0.3, 0.4) is 0 Å². The predicted octanol–water partition coefficient (Wildman–Crippen LogP) is 6.26. The van der Waals surface area contributed by atoms with Crippen LogP contribution >= 0.6 is 0 Å². The van der Waals surface area contributed by atoms with Crippen molar-refractivity contribution in [2.24, 2.45) is 11.1 Å². The Morgan fingerprint density at radius 2 is 1.59 bits per heavy atom. The Bertz CT molecular complexity index is 1040. The molecule has 0 fully saturated rings. The van der Waals surface area contributed by atoms with Gasteiger partial charge in [0.25, 0.3) is 5.91 Å². The number of hydrogen-bond donors (Lipinski definition) is 0. The molecule has 0 bridgehead atoms. The maximum absolute atomic E-state index is 11.7. The summed E-state index contributed by atoms with van der Waals surface area (Å²) in [5.74, 6) is 1.49. The van der Waals surface area contributed by atoms with Crippen LogP contribution in [0.25, 0.3) is 0 Å². The van der Waals surface area contributed by atoms with Gasteiger partial charge < -0.3 is 14.4 Å². The molecule has 0 spiro atoms. The zero-order valence-corrected chi connectivity index (χ0v) is 18.1. The molecule has 6 nitrogen and oxygen atoms in total. The number of ether oxygens (including phenoxy) is 2. The number of nitroso groups, excluding NO2 is 1. The molecule has 4 rings (SSSR count). The average Bonchev–Trinajstić information content (AvgIpc) is 2.83. The summed E-state index contributed by atoms with van der Waals surface area (Å²) in [5.41, 5.74) is 3.02. The highest BCUT2D eigenvalue weighted by atomic mass is 16.5. The summed E-state index contributed by atoms with van der Waals surface area (Å²) in [6.07, 6.45) is 2.01. The minimum atomic E-state index is -0.571. The smallest absolute Gasteiger partial charge is 0.289 e. The van der Waals surface area contributed by atoms with Crippen molar-refractivity contribution in [3.63, 3.8) is 0 Å². The van der Waals surface area contributed by atoms with E-state index < -0.39 is 5.91 Å². The van der Waals surface area contributed by atoms with Gasteiger partial charge in [0, 0.05) is 11.1 Å². The van der Waals surface area contributed by atoms with Crippen molar-refractivity contribution in [1.82, 2.24) is 0 Å². The number of nitrogens with zero attached hydrogens (tertiary/aromatic N) is 2. The lowest BCUT2D eigenvalue weighted by Crippen LogP contribution is -2.26. The highest BCUT2D eigenvalue weighted by Crippen LogP contribution is 2.45. The molecule has 164 valence electrons. The second-order valence-electron chi connectivity index (χ2n) is 7.80. The monoisotopic (exact) mass is 430 g/mol. The molecule has 0 saturated carbocycles. The molecule has 1 heterocycles. The highest BCUT2D eigenvalue weighted by Gasteiger charge is 2.23. The molecule has 32 heavy (non-hydrogen) atoms. The van der Waals surface area contributed by atoms with Gasteiger partial charge in [-0.05, 0) is 54.8 Å². The quantitative estimate of drug-likeness (QED) is 0.375. The zero-order chi connectivity index (χ0) is 22.3. The minimum absolute atomic E-state index is 0.356. The van der Waals surface area contributed by atoms with E-state index in [1.54, 1.807) is 0 Å². The molecule has 0 radical (unpaired) electrons. The Balaban J connectivity index is 1.39. The van der Waals surface area contributed by atoms with E-state index in [0.717, 1.165) is 40.6 Å². The number of rotatable bonds is 9. The second-order valence-corrected chi connectivity index (χ2v) is 7.80. The van der Waals surface area contributed by atoms with Gasteiger partial charge in [0.15, 0.2) is 11.5 Å². The van der Waals surface area contributed by atoms with Crippen LogP contribution in [0.4, 0.5) is 11.4 Å². The van der Waals surface area contributed by atoms with E-state index in [1.165, 1.54) is 0 Å². The fourth-order valence-corrected chi connectivity index (χ4v) is 4.02. The Morgan fingerprint density at radius 3 is 2.19 bits per heavy atom. The van der Waals surface area contributed by atoms with Gasteiger partial charge in [0.05, 0.1) is 17.9 Å². The number of fused-ring (bicyclic) bond motifs is 2. The van der Waals surface area contributed by atoms with Crippen molar-refractivity contribution in [1.29, 1.82) is 0 Å². The Labute approximate surface area is 187 Å². The van der Waals surface area contributed by atoms with Gasteiger partial charge in [0.1, 0.15) is 12.4 Å². The lowest BCUT2D eigenvalue weighted by molar-refractivity contribution is -0.121. The van der Waals surface area contributed by atoms with Crippen LogP contribution in [0.5, 0.6) is 17.2 Å². The first-order valence-corrected chi connectivity index (χ1v) is 10.9. The largest absolute Gasteiger partial charge is 0.492 e. The van der Waals surface area contributed by atoms with Gasteiger partial charge in [0.2, 0.25) is 0 Å². The van der Waals surface area contributed by atoms with Crippen LogP contribution in [0, 0.1) is 10.8 Å². The van der Waals surface area contributed by atoms with Crippen LogP contribution < -0.4 is 14.4 Å². The van der Waals surface area contributed by atoms with E-state index in [0.29, 0.717) is 26.0 Å². The number of carbonyl (C=O) groups is 1. The topological polar surface area (TPSA) is 68.2 Å². The molecule has 3 aromatic carbocycles. The molecule has 1 aliphatic heterocycles. The van der Waals surface area contributed by atoms with E-state index in [-0.39, 0.29) is 5.92 Å². The first kappa shape index (κ1) is 21.6. The fourth-order valence-electron chi connectivity index (χ4n) is 4.02. The molecule has 0 aliphatic carbocycles. The van der Waals surface area contributed by atoms with Crippen LogP contribution in [0.1, 0.15) is 25.3 Å². The molecule has 1 amide bonds. The summed E-state index contributed by atoms with van der Waals surface area (Å²) in [4.78, 5) is 24.6. The summed E-state index contributed by atoms with van der Waals surface area (Å²) in [6.45, 7) is 3.15. The average molecular weight is 431 g/mol. The van der Waals surface area contributed by atoms with Crippen molar-refractivity contribution in [3.05, 3.63) is 83.3 Å². The number of anilines is 2. The summed E-state index contributed by atoms with van der Waals surface area (Å²) in [7, 11) is 0. The van der Waals surface area contributed by atoms with Crippen molar-refractivity contribution in [2.75, 3.05) is 18.1 Å². The fraction of sp³-hybridized carbons (Fsp3) is 0.269. The van der Waals surface area contributed by atoms with Gasteiger partial charge in [-0.1, -0.05) is 49.7 Å². The van der Waals surface area contributed by atoms with Gasteiger partial charge in [-0.2, -0.15) is 0 Å². The Kier molecular flexibility index (Phi) is 6.80. The van der Waals surface area contributed by atoms with E-state index in [9.17, 15) is 9.70 Å². The zero-order valence-electron chi connectivity index (χ0n) is 18.1. The summed E-state index contributed by atoms with van der Waals surface area (Å²) >= 11 is 0. The molecule has 1 atom stereocenters. The summed E-state index contributed by atoms with van der Waals surface area (Å²) < 4.78 is 12.0. The highest BCUT2D eigenvalue weighted by molar-refractivity contribution is 5.79. The molecule has 3 aromatic rings. The van der Waals surface area contributed by atoms with Crippen molar-refractivity contribution in [2.45, 2.75) is 26.2 Å². The number of amides is 1. The normalized spacial score (nSPS) is 12.8. The molecule has 0 unspecified atom stereocenters. The molecule has 0 saturated heterocycles. The number of benzene rings is 3. The van der Waals surface area contributed by atoms with Crippen LogP contribution in [0.2, 0.25) is 0 Å². The van der Waals surface area contributed by atoms with Gasteiger partial charge in [-0.15, -0.1) is 4.91 Å². The van der Waals surface area contributed by atoms with Gasteiger partial charge >= 0.3 is 0 Å². The maximum Gasteiger partial charge on any atom is 0.289 e. The number of carbonyl (C=O) groups excluding carboxylic acids is 1. The summed E-state index contributed by atoms with van der Waals surface area (Å²) in [5, 5.41) is 2.61. The lowest BCUT2D eigenvalue weighted by Gasteiger charge is -2.32. The second kappa shape index (κ2) is 10.1. The summed E-state index contributed by atoms with van der Waals surface area (Å²) in [6, 6.07) is 23.6. The first-order chi connectivity index (χ1) is 15.7. The minimum Gasteiger partial charge on any atom is -0.492 e. The third kappa shape index (κ3) is 4.80. The third-order valence-electron chi connectivity index (χ3n) is 5.60. The van der Waals surface area contributed by atoms with Crippen LogP contribution in [-0.4, -0.2) is 19.1 Å². The molecule has 1 aliphatic rings. The molecule has 0 aromatic heterocycles. The third-order valence-corrected chi connectivity index (χ3v) is 5.60. The molecule has 0 N–H and O–H groups in total. The van der Waals surface area contributed by atoms with Crippen molar-refractivity contribution in [3.8, 4) is 17.2 Å². The number of hydrogen-bond acceptors (Lipinski definition) is 5. The molecular formula is C26H26N2O4. The van der Waals surface area contributed by atoms with Crippen molar-refractivity contribution >= 4 is 17.3 Å². The first-order valence-electron chi connectivity index (χ1n) is 10.9. The molecular weight excluding hydrogens is 404 g/mol. The number of para-hydroxylation sites is 4. The SMILES string of the molecule is CCC[C@@H](Cc1ccc(OCCN2c3ccccc3Oc3ccccc32)cc1)C(=O)N=O. The van der Waals surface area contributed by atoms with E-state index in [1.807, 2.05) is 79.7 Å². The molecule has 6 heteroatoms. The standard InChI is InChI=1S/C26H26N2O4/c1-2-7-20(26(29)27-30)18-19-12-14-21(15-13-19)31-17-16-28-22-8-3-5-10-24(22)32-25-11-6-4-9-23(25)28/h3-6,8-15,20H,2,7,16-18H2,1H3/t20-/m0/s1. The Hall–Kier alpha value is -3.67. The van der Waals surface area contributed by atoms with E-state index >= 15 is 0 Å². The van der Waals surface area contributed by atoms with E-state index in [4.69, 9.17) is 9.47 Å². The van der Waals surface area contributed by atoms with E-state index in [2.05, 4.69) is 10.1 Å².